The molecular weight excluding hydrogens is 420 g/mol. The van der Waals surface area contributed by atoms with E-state index < -0.39 is 0 Å². The molecule has 3 aromatic rings. The number of H-pyrrole nitrogens is 1. The molecule has 1 aromatic carbocycles. The Kier molecular flexibility index (Phi) is 5.35. The highest BCUT2D eigenvalue weighted by Gasteiger charge is 2.41. The molecule has 3 atom stereocenters. The Hall–Kier alpha value is -3.69. The summed E-state index contributed by atoms with van der Waals surface area (Å²) in [6, 6.07) is 5.96. The molecule has 2 unspecified atom stereocenters. The van der Waals surface area contributed by atoms with Gasteiger partial charge in [-0.3, -0.25) is 4.79 Å². The normalized spacial score (nSPS) is 21.8. The predicted octanol–water partition coefficient (Wildman–Crippen LogP) is 4.01. The summed E-state index contributed by atoms with van der Waals surface area (Å²) in [5.41, 5.74) is 11.2. The maximum Gasteiger partial charge on any atom is 0.228 e. The van der Waals surface area contributed by atoms with Crippen LogP contribution in [0.1, 0.15) is 19.8 Å². The summed E-state index contributed by atoms with van der Waals surface area (Å²) in [5, 5.41) is 10.9. The molecule has 2 aromatic heterocycles. The molecule has 2 fully saturated rings. The van der Waals surface area contributed by atoms with Crippen LogP contribution in [0.25, 0.3) is 22.2 Å². The van der Waals surface area contributed by atoms with Crippen molar-refractivity contribution in [2.45, 2.75) is 25.8 Å². The van der Waals surface area contributed by atoms with E-state index in [0.29, 0.717) is 35.0 Å². The number of likely N-dealkylation sites (tertiary alicyclic amines) is 1. The number of amides is 1. The highest BCUT2D eigenvalue weighted by Crippen LogP contribution is 2.40. The van der Waals surface area contributed by atoms with Crippen molar-refractivity contribution < 1.29 is 9.53 Å². The molecule has 0 spiro atoms. The van der Waals surface area contributed by atoms with E-state index in [-0.39, 0.29) is 11.9 Å². The zero-order valence-corrected chi connectivity index (χ0v) is 19.0. The lowest BCUT2D eigenvalue weighted by atomic mass is 10.0. The maximum atomic E-state index is 11.7. The van der Waals surface area contributed by atoms with Crippen LogP contribution < -0.4 is 15.4 Å². The topological polar surface area (TPSA) is 131 Å². The molecule has 0 radical (unpaired) electrons. The van der Waals surface area contributed by atoms with Gasteiger partial charge in [0, 0.05) is 44.9 Å². The molecule has 1 aliphatic heterocycles. The number of aromatic amines is 1. The van der Waals surface area contributed by atoms with Crippen molar-refractivity contribution in [3.05, 3.63) is 24.4 Å². The van der Waals surface area contributed by atoms with Gasteiger partial charge in [-0.05, 0) is 42.4 Å². The Morgan fingerprint density at radius 2 is 2.03 bits per heavy atom. The fourth-order valence-electron chi connectivity index (χ4n) is 5.30. The molecular formula is C23H28N8O2. The van der Waals surface area contributed by atoms with Gasteiger partial charge in [0.05, 0.1) is 18.2 Å². The first kappa shape index (κ1) is 21.2. The van der Waals surface area contributed by atoms with Gasteiger partial charge in [0.2, 0.25) is 17.7 Å². The zero-order valence-electron chi connectivity index (χ0n) is 19.0. The van der Waals surface area contributed by atoms with E-state index in [1.165, 1.54) is 0 Å². The molecule has 3 heterocycles. The van der Waals surface area contributed by atoms with Crippen molar-refractivity contribution in [3.63, 3.8) is 0 Å². The van der Waals surface area contributed by atoms with E-state index in [0.717, 1.165) is 48.1 Å². The van der Waals surface area contributed by atoms with E-state index >= 15 is 0 Å². The first-order valence-electron chi connectivity index (χ1n) is 11.2. The van der Waals surface area contributed by atoms with E-state index in [9.17, 15) is 4.79 Å². The standard InChI is InChI=1S/C23H28N8O2/c1-12(32)31-10-14-6-16(7-15(14)11-31)27-23-28-21-20(22(29-23)33-3)17(9-26-21)13-4-5-18(30-24)19(8-13)25-2/h4-5,8-9,14-16,24-25H,6-7,10-11H2,1-3H3,(H2,26,27,28,29)/t14-,15?,16?/m0/s1. The number of anilines is 2. The summed E-state index contributed by atoms with van der Waals surface area (Å²) in [6.45, 7) is 3.35. The molecule has 4 N–H and O–H groups in total. The Morgan fingerprint density at radius 1 is 1.27 bits per heavy atom. The summed E-state index contributed by atoms with van der Waals surface area (Å²) in [6.07, 6.45) is 3.91. The quantitative estimate of drug-likeness (QED) is 0.422. The number of carbonyl (C=O) groups excluding carboxylic acids is 1. The molecule has 1 saturated heterocycles. The number of carbonyl (C=O) groups is 1. The molecule has 33 heavy (non-hydrogen) atoms. The number of hydrogen-bond donors (Lipinski definition) is 4. The monoisotopic (exact) mass is 448 g/mol. The number of aromatic nitrogens is 3. The number of nitrogens with one attached hydrogen (secondary N) is 4. The zero-order chi connectivity index (χ0) is 23.1. The van der Waals surface area contributed by atoms with E-state index in [2.05, 4.69) is 25.7 Å². The smallest absolute Gasteiger partial charge is 0.228 e. The lowest BCUT2D eigenvalue weighted by molar-refractivity contribution is -0.128. The van der Waals surface area contributed by atoms with Gasteiger partial charge in [-0.1, -0.05) is 6.07 Å². The number of fused-ring (bicyclic) bond motifs is 2. The van der Waals surface area contributed by atoms with E-state index in [1.54, 1.807) is 27.1 Å². The van der Waals surface area contributed by atoms with Crippen molar-refractivity contribution >= 4 is 34.3 Å². The van der Waals surface area contributed by atoms with Gasteiger partial charge in [-0.15, -0.1) is 0 Å². The molecule has 0 bridgehead atoms. The molecule has 172 valence electrons. The van der Waals surface area contributed by atoms with Gasteiger partial charge in [-0.25, -0.2) is 5.53 Å². The summed E-state index contributed by atoms with van der Waals surface area (Å²) >= 11 is 0. The average Bonchev–Trinajstić information content (AvgIpc) is 3.51. The minimum atomic E-state index is 0.167. The number of ether oxygens (including phenoxy) is 1. The van der Waals surface area contributed by atoms with Gasteiger partial charge in [0.25, 0.3) is 0 Å². The molecule has 1 aliphatic carbocycles. The van der Waals surface area contributed by atoms with Crippen LogP contribution in [-0.4, -0.2) is 59.0 Å². The van der Waals surface area contributed by atoms with Gasteiger partial charge in [-0.2, -0.15) is 15.1 Å². The summed E-state index contributed by atoms with van der Waals surface area (Å²) < 4.78 is 5.65. The first-order chi connectivity index (χ1) is 16.0. The van der Waals surface area contributed by atoms with Crippen molar-refractivity contribution in [2.75, 3.05) is 37.9 Å². The molecule has 1 amide bonds. The number of hydrogen-bond acceptors (Lipinski definition) is 8. The second kappa shape index (κ2) is 8.34. The minimum Gasteiger partial charge on any atom is -0.480 e. The lowest BCUT2D eigenvalue weighted by Gasteiger charge is -2.18. The summed E-state index contributed by atoms with van der Waals surface area (Å²) in [5.74, 6) is 2.28. The van der Waals surface area contributed by atoms with Crippen LogP contribution in [0, 0.1) is 17.4 Å². The predicted molar refractivity (Wildman–Crippen MR) is 126 cm³/mol. The number of methoxy groups -OCH3 is 1. The third-order valence-corrected chi connectivity index (χ3v) is 6.92. The van der Waals surface area contributed by atoms with Gasteiger partial charge >= 0.3 is 0 Å². The second-order valence-electron chi connectivity index (χ2n) is 8.83. The fraction of sp³-hybridized carbons (Fsp3) is 0.435. The molecule has 1 saturated carbocycles. The minimum absolute atomic E-state index is 0.167. The first-order valence-corrected chi connectivity index (χ1v) is 11.2. The van der Waals surface area contributed by atoms with Crippen LogP contribution >= 0.6 is 0 Å². The summed E-state index contributed by atoms with van der Waals surface area (Å²) in [4.78, 5) is 26.3. The second-order valence-corrected chi connectivity index (χ2v) is 8.83. The van der Waals surface area contributed by atoms with Crippen LogP contribution in [0.15, 0.2) is 29.5 Å². The Bertz CT molecular complexity index is 1210. The highest BCUT2D eigenvalue weighted by molar-refractivity contribution is 5.98. The van der Waals surface area contributed by atoms with Crippen LogP contribution in [-0.2, 0) is 4.79 Å². The molecule has 10 nitrogen and oxygen atoms in total. The molecule has 10 heteroatoms. The highest BCUT2D eigenvalue weighted by atomic mass is 16.5. The van der Waals surface area contributed by atoms with Gasteiger partial charge < -0.3 is 25.3 Å². The van der Waals surface area contributed by atoms with Gasteiger partial charge in [0.15, 0.2) is 0 Å². The van der Waals surface area contributed by atoms with E-state index in [1.807, 2.05) is 23.2 Å². The maximum absolute atomic E-state index is 11.7. The van der Waals surface area contributed by atoms with Gasteiger partial charge in [0.1, 0.15) is 11.3 Å². The van der Waals surface area contributed by atoms with Crippen LogP contribution in [0.5, 0.6) is 5.88 Å². The lowest BCUT2D eigenvalue weighted by Crippen LogP contribution is -2.29. The number of nitrogens with zero attached hydrogens (tertiary/aromatic N) is 4. The summed E-state index contributed by atoms with van der Waals surface area (Å²) in [7, 11) is 3.42. The van der Waals surface area contributed by atoms with Crippen LogP contribution in [0.4, 0.5) is 17.3 Å². The third-order valence-electron chi connectivity index (χ3n) is 6.92. The largest absolute Gasteiger partial charge is 0.480 e. The van der Waals surface area contributed by atoms with Crippen molar-refractivity contribution in [1.29, 1.82) is 5.53 Å². The van der Waals surface area contributed by atoms with Crippen LogP contribution in [0.2, 0.25) is 0 Å². The number of rotatable bonds is 6. The van der Waals surface area contributed by atoms with Crippen molar-refractivity contribution in [3.8, 4) is 17.0 Å². The fourth-order valence-corrected chi connectivity index (χ4v) is 5.30. The third kappa shape index (κ3) is 3.75. The molecule has 2 aliphatic rings. The Morgan fingerprint density at radius 3 is 2.67 bits per heavy atom. The Labute approximate surface area is 191 Å². The molecule has 5 rings (SSSR count). The van der Waals surface area contributed by atoms with Crippen molar-refractivity contribution in [1.82, 2.24) is 19.9 Å². The SMILES string of the molecule is CNc1cc(-c2c[nH]c3nc(NC4CC5CN(C(C)=O)C[C@@H]5C4)nc(OC)c23)ccc1N=N. The van der Waals surface area contributed by atoms with E-state index in [4.69, 9.17) is 15.3 Å². The average molecular weight is 449 g/mol. The van der Waals surface area contributed by atoms with Crippen molar-refractivity contribution in [2.24, 2.45) is 17.0 Å². The Balaban J connectivity index is 1.40. The van der Waals surface area contributed by atoms with Crippen LogP contribution in [0.3, 0.4) is 0 Å². The number of benzene rings is 1.